The van der Waals surface area contributed by atoms with Crippen LogP contribution in [0.1, 0.15) is 22.3 Å². The van der Waals surface area contributed by atoms with Crippen LogP contribution in [0.5, 0.6) is 0 Å². The second kappa shape index (κ2) is 5.86. The van der Waals surface area contributed by atoms with E-state index >= 15 is 0 Å². The molecule has 21 heavy (non-hydrogen) atoms. The standard InChI is InChI=1S/C18H20N2S/c1-13-6-7-16(18(19)21)17(12-13)20-10-8-14-4-2-3-5-15(14)9-11-20/h2-7,12H,8-11H2,1H3,(H2,19,21). The summed E-state index contributed by atoms with van der Waals surface area (Å²) < 4.78 is 0. The monoisotopic (exact) mass is 296 g/mol. The molecule has 3 heteroatoms. The molecule has 0 fully saturated rings. The molecule has 0 radical (unpaired) electrons. The first kappa shape index (κ1) is 14.1. The Bertz CT molecular complexity index is 652. The van der Waals surface area contributed by atoms with Gasteiger partial charge in [-0.1, -0.05) is 42.5 Å². The third kappa shape index (κ3) is 2.93. The van der Waals surface area contributed by atoms with Gasteiger partial charge in [-0.05, 0) is 48.6 Å². The first-order valence-electron chi connectivity index (χ1n) is 7.37. The van der Waals surface area contributed by atoms with E-state index in [1.807, 2.05) is 6.07 Å². The predicted octanol–water partition coefficient (Wildman–Crippen LogP) is 3.23. The molecule has 2 nitrogen and oxygen atoms in total. The number of hydrogen-bond donors (Lipinski definition) is 1. The molecule has 1 heterocycles. The first-order valence-corrected chi connectivity index (χ1v) is 7.78. The fraction of sp³-hybridized carbons (Fsp3) is 0.278. The van der Waals surface area contributed by atoms with Gasteiger partial charge in [0.1, 0.15) is 4.99 Å². The quantitative estimate of drug-likeness (QED) is 0.863. The average Bonchev–Trinajstić information content (AvgIpc) is 2.69. The van der Waals surface area contributed by atoms with Crippen molar-refractivity contribution in [2.24, 2.45) is 5.73 Å². The highest BCUT2D eigenvalue weighted by Crippen LogP contribution is 2.25. The maximum Gasteiger partial charge on any atom is 0.106 e. The van der Waals surface area contributed by atoms with Crippen LogP contribution in [0.3, 0.4) is 0 Å². The third-order valence-corrected chi connectivity index (χ3v) is 4.40. The van der Waals surface area contributed by atoms with Gasteiger partial charge < -0.3 is 10.6 Å². The minimum atomic E-state index is 0.478. The second-order valence-electron chi connectivity index (χ2n) is 5.64. The summed E-state index contributed by atoms with van der Waals surface area (Å²) in [5.74, 6) is 0. The minimum Gasteiger partial charge on any atom is -0.389 e. The molecule has 0 aromatic heterocycles. The lowest BCUT2D eigenvalue weighted by molar-refractivity contribution is 0.804. The topological polar surface area (TPSA) is 29.3 Å². The Morgan fingerprint density at radius 3 is 2.24 bits per heavy atom. The largest absolute Gasteiger partial charge is 0.389 e. The zero-order chi connectivity index (χ0) is 14.8. The van der Waals surface area contributed by atoms with Crippen LogP contribution in [-0.2, 0) is 12.8 Å². The second-order valence-corrected chi connectivity index (χ2v) is 6.08. The highest BCUT2D eigenvalue weighted by atomic mass is 32.1. The molecule has 0 saturated carbocycles. The molecule has 108 valence electrons. The van der Waals surface area contributed by atoms with Crippen LogP contribution in [0.2, 0.25) is 0 Å². The molecule has 0 spiro atoms. The van der Waals surface area contributed by atoms with E-state index in [9.17, 15) is 0 Å². The summed E-state index contributed by atoms with van der Waals surface area (Å²) in [6.07, 6.45) is 2.14. The lowest BCUT2D eigenvalue weighted by Crippen LogP contribution is -2.28. The van der Waals surface area contributed by atoms with Crippen LogP contribution in [0.15, 0.2) is 42.5 Å². The van der Waals surface area contributed by atoms with Crippen molar-refractivity contribution in [1.29, 1.82) is 0 Å². The van der Waals surface area contributed by atoms with Crippen LogP contribution < -0.4 is 10.6 Å². The molecule has 0 bridgehead atoms. The summed E-state index contributed by atoms with van der Waals surface area (Å²) in [4.78, 5) is 2.90. The molecule has 0 aliphatic carbocycles. The van der Waals surface area contributed by atoms with E-state index in [1.54, 1.807) is 0 Å². The highest BCUT2D eigenvalue weighted by molar-refractivity contribution is 7.80. The van der Waals surface area contributed by atoms with Crippen molar-refractivity contribution in [3.63, 3.8) is 0 Å². The van der Waals surface area contributed by atoms with Gasteiger partial charge in [0.05, 0.1) is 0 Å². The summed E-state index contributed by atoms with van der Waals surface area (Å²) >= 11 is 5.22. The van der Waals surface area contributed by atoms with Crippen molar-refractivity contribution in [2.45, 2.75) is 19.8 Å². The summed E-state index contributed by atoms with van der Waals surface area (Å²) in [5.41, 5.74) is 12.2. The van der Waals surface area contributed by atoms with Gasteiger partial charge in [0.15, 0.2) is 0 Å². The van der Waals surface area contributed by atoms with Gasteiger partial charge in [0.25, 0.3) is 0 Å². The average molecular weight is 296 g/mol. The van der Waals surface area contributed by atoms with Gasteiger partial charge in [-0.25, -0.2) is 0 Å². The van der Waals surface area contributed by atoms with Gasteiger partial charge in [0.2, 0.25) is 0 Å². The number of rotatable bonds is 2. The summed E-state index contributed by atoms with van der Waals surface area (Å²) in [6.45, 7) is 4.13. The van der Waals surface area contributed by atoms with E-state index in [1.165, 1.54) is 22.4 Å². The Balaban J connectivity index is 1.93. The van der Waals surface area contributed by atoms with Crippen molar-refractivity contribution in [2.75, 3.05) is 18.0 Å². The lowest BCUT2D eigenvalue weighted by Gasteiger charge is -2.25. The van der Waals surface area contributed by atoms with Crippen LogP contribution >= 0.6 is 12.2 Å². The number of anilines is 1. The van der Waals surface area contributed by atoms with Crippen LogP contribution in [-0.4, -0.2) is 18.1 Å². The molecule has 1 aliphatic heterocycles. The summed E-state index contributed by atoms with van der Waals surface area (Å²) in [5, 5.41) is 0. The summed E-state index contributed by atoms with van der Waals surface area (Å²) in [6, 6.07) is 15.1. The fourth-order valence-corrected chi connectivity index (χ4v) is 3.19. The van der Waals surface area contributed by atoms with Gasteiger partial charge >= 0.3 is 0 Å². The van der Waals surface area contributed by atoms with Crippen LogP contribution in [0, 0.1) is 6.92 Å². The Kier molecular flexibility index (Phi) is 3.93. The maximum atomic E-state index is 5.90. The third-order valence-electron chi connectivity index (χ3n) is 4.18. The van der Waals surface area contributed by atoms with Gasteiger partial charge in [-0.3, -0.25) is 0 Å². The van der Waals surface area contributed by atoms with Gasteiger partial charge in [0, 0.05) is 24.3 Å². The van der Waals surface area contributed by atoms with E-state index in [-0.39, 0.29) is 0 Å². The number of benzene rings is 2. The van der Waals surface area contributed by atoms with Gasteiger partial charge in [-0.2, -0.15) is 0 Å². The molecule has 0 amide bonds. The number of fused-ring (bicyclic) bond motifs is 1. The highest BCUT2D eigenvalue weighted by Gasteiger charge is 2.17. The molecular formula is C18H20N2S. The van der Waals surface area contributed by atoms with Crippen molar-refractivity contribution in [3.8, 4) is 0 Å². The molecule has 3 rings (SSSR count). The normalized spacial score (nSPS) is 14.4. The molecule has 2 aromatic rings. The smallest absolute Gasteiger partial charge is 0.106 e. The SMILES string of the molecule is Cc1ccc(C(N)=S)c(N2CCc3ccccc3CC2)c1. The van der Waals surface area contributed by atoms with E-state index < -0.39 is 0 Å². The maximum absolute atomic E-state index is 5.90. The van der Waals surface area contributed by atoms with Crippen molar-refractivity contribution >= 4 is 22.9 Å². The zero-order valence-corrected chi connectivity index (χ0v) is 13.1. The molecule has 2 N–H and O–H groups in total. The number of nitrogens with zero attached hydrogens (tertiary/aromatic N) is 1. The number of thiocarbonyl (C=S) groups is 1. The van der Waals surface area contributed by atoms with E-state index in [4.69, 9.17) is 18.0 Å². The Morgan fingerprint density at radius 1 is 1.05 bits per heavy atom. The Hall–Kier alpha value is -1.87. The van der Waals surface area contributed by atoms with E-state index in [2.05, 4.69) is 48.2 Å². The van der Waals surface area contributed by atoms with Crippen LogP contribution in [0.25, 0.3) is 0 Å². The van der Waals surface area contributed by atoms with Crippen molar-refractivity contribution in [3.05, 3.63) is 64.7 Å². The molecule has 2 aromatic carbocycles. The molecular weight excluding hydrogens is 276 g/mol. The fourth-order valence-electron chi connectivity index (χ4n) is 3.02. The number of hydrogen-bond acceptors (Lipinski definition) is 2. The first-order chi connectivity index (χ1) is 10.1. The lowest BCUT2D eigenvalue weighted by atomic mass is 10.0. The molecule has 1 aliphatic rings. The molecule has 0 saturated heterocycles. The summed E-state index contributed by atoms with van der Waals surface area (Å²) in [7, 11) is 0. The van der Waals surface area contributed by atoms with E-state index in [0.717, 1.165) is 31.5 Å². The van der Waals surface area contributed by atoms with Crippen LogP contribution in [0.4, 0.5) is 5.69 Å². The molecule has 0 atom stereocenters. The number of aryl methyl sites for hydroxylation is 1. The zero-order valence-electron chi connectivity index (χ0n) is 12.3. The van der Waals surface area contributed by atoms with Gasteiger partial charge in [-0.15, -0.1) is 0 Å². The minimum absolute atomic E-state index is 0.478. The predicted molar refractivity (Wildman–Crippen MR) is 93.1 cm³/mol. The Labute approximate surface area is 131 Å². The van der Waals surface area contributed by atoms with Crippen molar-refractivity contribution in [1.82, 2.24) is 0 Å². The number of nitrogens with two attached hydrogens (primary N) is 1. The van der Waals surface area contributed by atoms with E-state index in [0.29, 0.717) is 4.99 Å². The molecule has 0 unspecified atom stereocenters. The Morgan fingerprint density at radius 2 is 1.67 bits per heavy atom. The van der Waals surface area contributed by atoms with Crippen molar-refractivity contribution < 1.29 is 0 Å².